The van der Waals surface area contributed by atoms with Gasteiger partial charge >= 0.3 is 7.12 Å². The summed E-state index contributed by atoms with van der Waals surface area (Å²) in [6.07, 6.45) is 0. The van der Waals surface area contributed by atoms with Crippen molar-refractivity contribution in [1.29, 1.82) is 0 Å². The van der Waals surface area contributed by atoms with E-state index in [-0.39, 0.29) is 16.5 Å². The van der Waals surface area contributed by atoms with Crippen LogP contribution in [0.15, 0.2) is 312 Å². The van der Waals surface area contributed by atoms with E-state index < -0.39 is 7.12 Å². The highest BCUT2D eigenvalue weighted by Gasteiger charge is 2.52. The molecular weight excluding hydrogens is 1250 g/mol. The van der Waals surface area contributed by atoms with Crippen molar-refractivity contribution in [3.63, 3.8) is 0 Å². The molecule has 100 heavy (non-hydrogen) atoms. The Balaban J connectivity index is 0.000000118. The number of furan rings is 2. The lowest BCUT2D eigenvalue weighted by molar-refractivity contribution is 0.00578. The van der Waals surface area contributed by atoms with E-state index in [9.17, 15) is 0 Å². The van der Waals surface area contributed by atoms with Gasteiger partial charge in [0.1, 0.15) is 22.3 Å². The Morgan fingerprint density at radius 1 is 0.270 bits per heavy atom. The summed E-state index contributed by atoms with van der Waals surface area (Å²) in [5.74, 6) is 3.00. The van der Waals surface area contributed by atoms with Crippen LogP contribution in [0.4, 0.5) is 0 Å². The van der Waals surface area contributed by atoms with Gasteiger partial charge < -0.3 is 18.1 Å². The van der Waals surface area contributed by atoms with Gasteiger partial charge in [-0.1, -0.05) is 267 Å². The summed E-state index contributed by atoms with van der Waals surface area (Å²) in [6.45, 7) is 8.31. The van der Waals surface area contributed by atoms with Crippen molar-refractivity contribution < 1.29 is 18.1 Å². The Morgan fingerprint density at radius 3 is 1.12 bits per heavy atom. The third-order valence-electron chi connectivity index (χ3n) is 19.3. The molecule has 10 nitrogen and oxygen atoms in total. The van der Waals surface area contributed by atoms with Crippen molar-refractivity contribution in [2.45, 2.75) is 38.9 Å². The van der Waals surface area contributed by atoms with E-state index in [2.05, 4.69) is 250 Å². The number of hydrogen-bond acceptors (Lipinski definition) is 10. The number of halogens is 1. The molecule has 0 N–H and O–H groups in total. The molecule has 0 unspecified atom stereocenters. The van der Waals surface area contributed by atoms with Crippen molar-refractivity contribution in [2.75, 3.05) is 0 Å². The minimum atomic E-state index is -0.407. The molecule has 4 aromatic heterocycles. The molecular formula is C88H62BClN6O4. The fourth-order valence-electron chi connectivity index (χ4n) is 13.5. The number of hydrogen-bond donors (Lipinski definition) is 0. The van der Waals surface area contributed by atoms with Crippen LogP contribution in [0, 0.1) is 0 Å². The van der Waals surface area contributed by atoms with E-state index in [1.165, 1.54) is 21.9 Å². The summed E-state index contributed by atoms with van der Waals surface area (Å²) < 4.78 is 25.1. The van der Waals surface area contributed by atoms with Gasteiger partial charge in [0.15, 0.2) is 29.1 Å². The predicted molar refractivity (Wildman–Crippen MR) is 409 cm³/mol. The highest BCUT2D eigenvalue weighted by atomic mass is 35.5. The maximum absolute atomic E-state index is 6.39. The molecule has 0 bridgehead atoms. The second-order valence-electron chi connectivity index (χ2n) is 26.1. The second kappa shape index (κ2) is 25.5. The molecule has 0 aliphatic carbocycles. The summed E-state index contributed by atoms with van der Waals surface area (Å²) in [5.41, 5.74) is 13.0. The van der Waals surface area contributed by atoms with Crippen LogP contribution < -0.4 is 5.46 Å². The highest BCUT2D eigenvalue weighted by molar-refractivity contribution is 6.66. The van der Waals surface area contributed by atoms with Crippen LogP contribution >= 0.6 is 11.6 Å². The lowest BCUT2D eigenvalue weighted by Gasteiger charge is -2.32. The van der Waals surface area contributed by atoms with Gasteiger partial charge in [-0.15, -0.1) is 0 Å². The Labute approximate surface area is 582 Å². The van der Waals surface area contributed by atoms with Crippen LogP contribution in [0.2, 0.25) is 5.28 Å². The zero-order valence-corrected chi connectivity index (χ0v) is 55.9. The number of rotatable bonds is 8. The number of aromatic nitrogens is 6. The van der Waals surface area contributed by atoms with Crippen LogP contribution in [0.3, 0.4) is 0 Å². The number of fused-ring (bicyclic) bond motifs is 10. The topological polar surface area (TPSA) is 122 Å². The normalized spacial score (nSPS) is 13.3. The minimum Gasteiger partial charge on any atom is -0.456 e. The maximum Gasteiger partial charge on any atom is 0.495 e. The molecule has 14 aromatic carbocycles. The fourth-order valence-corrected chi connectivity index (χ4v) is 13.6. The number of nitrogens with zero attached hydrogens (tertiary/aromatic N) is 6. The van der Waals surface area contributed by atoms with Crippen molar-refractivity contribution in [2.24, 2.45) is 0 Å². The van der Waals surface area contributed by atoms with Gasteiger partial charge in [0, 0.05) is 49.4 Å². The molecule has 0 spiro atoms. The third-order valence-corrected chi connectivity index (χ3v) is 19.5. The summed E-state index contributed by atoms with van der Waals surface area (Å²) in [4.78, 5) is 28.8. The van der Waals surface area contributed by atoms with Crippen LogP contribution in [-0.4, -0.2) is 48.2 Å². The van der Waals surface area contributed by atoms with Gasteiger partial charge in [0.05, 0.1) is 11.2 Å². The fraction of sp³-hybridized carbons (Fsp3) is 0.0682. The smallest absolute Gasteiger partial charge is 0.456 e. The Kier molecular flexibility index (Phi) is 15.7. The van der Waals surface area contributed by atoms with Crippen LogP contribution in [0.1, 0.15) is 27.7 Å². The van der Waals surface area contributed by atoms with Crippen molar-refractivity contribution in [3.8, 4) is 79.2 Å². The second-order valence-corrected chi connectivity index (χ2v) is 26.4. The molecule has 1 aliphatic rings. The summed E-state index contributed by atoms with van der Waals surface area (Å²) in [6, 6.07) is 104. The minimum absolute atomic E-state index is 0.185. The van der Waals surface area contributed by atoms with Gasteiger partial charge in [-0.25, -0.2) is 19.9 Å². The standard InChI is InChI=1S/C41H25N3O.C25H16ClN3.C22H21BO3/c1-2-10-26(11-3-1)27-20-22-29(23-21-27)39-42-40(33-17-8-15-28-12-6-7-16-32(28)33)44-41(43-39)34-18-9-19-36-38(34)35-24-30-13-4-5-14-31(30)25-37(35)45-36;26-25-28-23(20-15-13-18(14-16-20)17-7-2-1-3-8-17)27-24(29-25)22-12-6-10-19-9-4-5-11-21(19)22;1-21(2)22(3,4)26-23(25-21)17-10-7-11-18-20(17)16-12-14-8-5-6-9-15(14)13-19(16)24-18/h1-25H;1-16H;5-13H,1-4H3. The zero-order chi connectivity index (χ0) is 67.5. The molecule has 1 aliphatic heterocycles. The summed E-state index contributed by atoms with van der Waals surface area (Å²) in [5, 5.41) is 13.5. The first kappa shape index (κ1) is 61.6. The van der Waals surface area contributed by atoms with Crippen LogP contribution in [0.25, 0.3) is 166 Å². The molecule has 478 valence electrons. The highest BCUT2D eigenvalue weighted by Crippen LogP contribution is 2.42. The van der Waals surface area contributed by atoms with Gasteiger partial charge in [0.25, 0.3) is 0 Å². The first-order chi connectivity index (χ1) is 48.9. The van der Waals surface area contributed by atoms with Crippen LogP contribution in [-0.2, 0) is 9.31 Å². The lowest BCUT2D eigenvalue weighted by atomic mass is 9.76. The number of benzene rings is 14. The van der Waals surface area contributed by atoms with Crippen molar-refractivity contribution in [1.82, 2.24) is 29.9 Å². The monoisotopic (exact) mass is 1310 g/mol. The Hall–Kier alpha value is -12.0. The Morgan fingerprint density at radius 2 is 0.610 bits per heavy atom. The molecule has 1 saturated heterocycles. The molecule has 0 atom stereocenters. The zero-order valence-electron chi connectivity index (χ0n) is 55.1. The molecule has 0 amide bonds. The van der Waals surface area contributed by atoms with E-state index in [0.717, 1.165) is 121 Å². The predicted octanol–water partition coefficient (Wildman–Crippen LogP) is 22.5. The molecule has 19 rings (SSSR count). The largest absolute Gasteiger partial charge is 0.495 e. The van der Waals surface area contributed by atoms with E-state index in [4.69, 9.17) is 49.7 Å². The molecule has 1 fully saturated rings. The molecule has 5 heterocycles. The van der Waals surface area contributed by atoms with E-state index in [1.54, 1.807) is 0 Å². The average Bonchev–Trinajstić information content (AvgIpc) is 1.56. The van der Waals surface area contributed by atoms with E-state index in [0.29, 0.717) is 29.1 Å². The van der Waals surface area contributed by atoms with Crippen molar-refractivity contribution in [3.05, 3.63) is 309 Å². The summed E-state index contributed by atoms with van der Waals surface area (Å²) in [7, 11) is -0.407. The van der Waals surface area contributed by atoms with Gasteiger partial charge in [-0.2, -0.15) is 9.97 Å². The summed E-state index contributed by atoms with van der Waals surface area (Å²) >= 11 is 6.27. The van der Waals surface area contributed by atoms with Crippen molar-refractivity contribution >= 4 is 111 Å². The van der Waals surface area contributed by atoms with E-state index in [1.807, 2.05) is 91.0 Å². The SMILES string of the molecule is CC1(C)OB(c2cccc3oc4cc5ccccc5cc4c23)OC1(C)C.Clc1nc(-c2ccc(-c3ccccc3)cc2)nc(-c2cccc3ccccc23)n1.c1ccc(-c2ccc(-c3nc(-c4cccc5ccccc45)nc(-c4cccc5oc6cc7ccccc7cc6c45)n3)cc2)cc1. The van der Waals surface area contributed by atoms with Gasteiger partial charge in [-0.3, -0.25) is 0 Å². The van der Waals surface area contributed by atoms with Gasteiger partial charge in [0.2, 0.25) is 5.28 Å². The van der Waals surface area contributed by atoms with Crippen LogP contribution in [0.5, 0.6) is 0 Å². The lowest BCUT2D eigenvalue weighted by Crippen LogP contribution is -2.41. The first-order valence-electron chi connectivity index (χ1n) is 33.4. The molecule has 0 radical (unpaired) electrons. The molecule has 18 aromatic rings. The average molecular weight is 1310 g/mol. The third kappa shape index (κ3) is 11.6. The quantitative estimate of drug-likeness (QED) is 0.136. The maximum atomic E-state index is 6.39. The molecule has 0 saturated carbocycles. The van der Waals surface area contributed by atoms with E-state index >= 15 is 0 Å². The first-order valence-corrected chi connectivity index (χ1v) is 33.8. The Bertz CT molecular complexity index is 6120. The van der Waals surface area contributed by atoms with Gasteiger partial charge in [-0.05, 0) is 147 Å². The molecule has 12 heteroatoms.